The summed E-state index contributed by atoms with van der Waals surface area (Å²) < 4.78 is 21.6. The Balaban J connectivity index is 0.00000852. The molecular formula is C59H105N7O15. The highest BCUT2D eigenvalue weighted by molar-refractivity contribution is 5.94. The molecule has 22 nitrogen and oxygen atoms in total. The zero-order valence-electron chi connectivity index (χ0n) is 50.0. The zero-order valence-corrected chi connectivity index (χ0v) is 50.0. The number of carbonyl (C=O) groups excluding carboxylic acids is 7. The zero-order chi connectivity index (χ0) is 60.4. The number of ether oxygens (including phenoxy) is 4. The van der Waals surface area contributed by atoms with Crippen molar-refractivity contribution in [2.75, 3.05) is 79.0 Å². The number of carboxylic acids is 2. The molecule has 0 spiro atoms. The van der Waals surface area contributed by atoms with Gasteiger partial charge in [0.1, 0.15) is 36.6 Å². The number of hydrogen-bond acceptors (Lipinski definition) is 16. The van der Waals surface area contributed by atoms with Crippen LogP contribution in [0.4, 0.5) is 0 Å². The first-order valence-electron chi connectivity index (χ1n) is 29.9. The third-order valence-electron chi connectivity index (χ3n) is 13.5. The number of imidazole rings is 1. The molecule has 0 fully saturated rings. The summed E-state index contributed by atoms with van der Waals surface area (Å²) >= 11 is 0. The van der Waals surface area contributed by atoms with Gasteiger partial charge in [-0.3, -0.25) is 38.4 Å². The van der Waals surface area contributed by atoms with E-state index in [1.165, 1.54) is 83.9 Å². The van der Waals surface area contributed by atoms with Crippen molar-refractivity contribution in [3.8, 4) is 0 Å². The van der Waals surface area contributed by atoms with Crippen LogP contribution in [0, 0.1) is 11.3 Å². The second-order valence-corrected chi connectivity index (χ2v) is 21.4. The van der Waals surface area contributed by atoms with Crippen LogP contribution >= 0.6 is 0 Å². The maximum Gasteiger partial charge on any atom is 0.326 e. The van der Waals surface area contributed by atoms with Gasteiger partial charge in [-0.1, -0.05) is 124 Å². The summed E-state index contributed by atoms with van der Waals surface area (Å²) in [6.07, 6.45) is 24.6. The standard InChI is InChI=1S/C55H96N6O13.C4H9NO2/c1-5-6-7-8-9-10-11-12-13-14-15-16-17-18-19-25-51(66)61-48(54(69)70)27-26-46(63)24-22-30-71-32-34-73-41-53(68)59-29-31-72-33-35-74-40-52(67)58-28-21-20-23-44(43(2)62)36-50(65)55(3,4)38-49(64)47(56)37-45-39-57-42-60-45;1-2-5-3-4(6)7/h39,42,44,47-48H,5-38,40-41,56H2,1-4H3,(H,57,60)(H,58,67)(H,59,68)(H,61,66)(H,69,70);5H,2-3H2,1H3,(H,6,7)/t44-,47+,48+;/m1./s1. The van der Waals surface area contributed by atoms with E-state index in [2.05, 4.69) is 38.2 Å². The molecule has 0 saturated carbocycles. The fourth-order valence-corrected chi connectivity index (χ4v) is 8.45. The first-order valence-corrected chi connectivity index (χ1v) is 29.9. The van der Waals surface area contributed by atoms with Crippen molar-refractivity contribution in [2.24, 2.45) is 17.1 Å². The molecule has 0 unspecified atom stereocenters. The number of carboxylic acid groups (broad SMARTS) is 2. The van der Waals surface area contributed by atoms with Crippen LogP contribution in [0.25, 0.3) is 0 Å². The molecule has 22 heteroatoms. The van der Waals surface area contributed by atoms with E-state index < -0.39 is 35.4 Å². The second kappa shape index (κ2) is 50.7. The Morgan fingerprint density at radius 1 is 0.642 bits per heavy atom. The lowest BCUT2D eigenvalue weighted by atomic mass is 9.77. The van der Waals surface area contributed by atoms with Gasteiger partial charge in [-0.2, -0.15) is 0 Å². The van der Waals surface area contributed by atoms with E-state index in [-0.39, 0.29) is 139 Å². The number of rotatable bonds is 55. The van der Waals surface area contributed by atoms with Crippen LogP contribution in [0.5, 0.6) is 0 Å². The molecule has 1 heterocycles. The quantitative estimate of drug-likeness (QED) is 0.0321. The molecule has 1 aromatic rings. The molecule has 0 radical (unpaired) electrons. The average molecular weight is 1150 g/mol. The molecule has 3 atom stereocenters. The van der Waals surface area contributed by atoms with Crippen molar-refractivity contribution in [3.05, 3.63) is 18.2 Å². The van der Waals surface area contributed by atoms with E-state index >= 15 is 0 Å². The second-order valence-electron chi connectivity index (χ2n) is 21.4. The summed E-state index contributed by atoms with van der Waals surface area (Å²) in [5, 5.41) is 28.2. The molecular weight excluding hydrogens is 1050 g/mol. The minimum Gasteiger partial charge on any atom is -0.480 e. The first kappa shape index (κ1) is 76.0. The lowest BCUT2D eigenvalue weighted by Crippen LogP contribution is -2.41. The van der Waals surface area contributed by atoms with Gasteiger partial charge in [0.05, 0.1) is 51.9 Å². The number of H-pyrrole nitrogens is 1. The van der Waals surface area contributed by atoms with Crippen LogP contribution in [0.1, 0.15) is 201 Å². The number of nitrogens with one attached hydrogen (secondary N) is 5. The Hall–Kier alpha value is -5.00. The summed E-state index contributed by atoms with van der Waals surface area (Å²) in [5.41, 5.74) is 5.84. The van der Waals surface area contributed by atoms with Gasteiger partial charge in [0.15, 0.2) is 5.78 Å². The monoisotopic (exact) mass is 1150 g/mol. The number of aromatic nitrogens is 2. The highest BCUT2D eigenvalue weighted by Crippen LogP contribution is 2.28. The van der Waals surface area contributed by atoms with Crippen LogP contribution in [0.3, 0.4) is 0 Å². The van der Waals surface area contributed by atoms with Gasteiger partial charge >= 0.3 is 11.9 Å². The Kier molecular flexibility index (Phi) is 47.6. The number of Topliss-reactive ketones (excluding diaryl/α,β-unsaturated/α-hetero) is 4. The van der Waals surface area contributed by atoms with Crippen molar-refractivity contribution in [2.45, 2.75) is 214 Å². The van der Waals surface area contributed by atoms with Gasteiger partial charge in [-0.25, -0.2) is 9.78 Å². The third kappa shape index (κ3) is 46.2. The highest BCUT2D eigenvalue weighted by atomic mass is 16.5. The van der Waals surface area contributed by atoms with Crippen LogP contribution < -0.4 is 27.0 Å². The molecule has 0 aromatic carbocycles. The van der Waals surface area contributed by atoms with Crippen molar-refractivity contribution in [3.63, 3.8) is 0 Å². The Labute approximate surface area is 482 Å². The lowest BCUT2D eigenvalue weighted by Gasteiger charge is -2.26. The topological polar surface area (TPSA) is 334 Å². The van der Waals surface area contributed by atoms with Crippen molar-refractivity contribution >= 4 is 52.8 Å². The van der Waals surface area contributed by atoms with Crippen molar-refractivity contribution < 1.29 is 72.3 Å². The number of nitrogens with zero attached hydrogens (tertiary/aromatic N) is 1. The number of unbranched alkanes of at least 4 members (excludes halogenated alkanes) is 15. The van der Waals surface area contributed by atoms with Crippen LogP contribution in [-0.4, -0.2) is 164 Å². The van der Waals surface area contributed by atoms with Gasteiger partial charge in [0.2, 0.25) is 17.7 Å². The molecule has 1 rings (SSSR count). The number of hydrogen-bond donors (Lipinski definition) is 8. The van der Waals surface area contributed by atoms with E-state index in [9.17, 15) is 48.3 Å². The van der Waals surface area contributed by atoms with Crippen molar-refractivity contribution in [1.29, 1.82) is 0 Å². The predicted octanol–water partition coefficient (Wildman–Crippen LogP) is 6.54. The fourth-order valence-electron chi connectivity index (χ4n) is 8.45. The number of carbonyl (C=O) groups is 9. The highest BCUT2D eigenvalue weighted by Gasteiger charge is 2.34. The number of ketones is 4. The number of likely N-dealkylation sites (N-methyl/N-ethyl adjacent to an activating group) is 1. The minimum atomic E-state index is -1.15. The molecule has 0 saturated heterocycles. The molecule has 81 heavy (non-hydrogen) atoms. The summed E-state index contributed by atoms with van der Waals surface area (Å²) in [5.74, 6) is -3.94. The van der Waals surface area contributed by atoms with Gasteiger partial charge in [-0.05, 0) is 45.6 Å². The molecule has 0 bridgehead atoms. The van der Waals surface area contributed by atoms with Crippen LogP contribution in [-0.2, 0) is 68.5 Å². The third-order valence-corrected chi connectivity index (χ3v) is 13.5. The van der Waals surface area contributed by atoms with Gasteiger partial charge < -0.3 is 61.1 Å². The summed E-state index contributed by atoms with van der Waals surface area (Å²) in [4.78, 5) is 115. The molecule has 0 aliphatic rings. The number of aromatic amines is 1. The smallest absolute Gasteiger partial charge is 0.326 e. The summed E-state index contributed by atoms with van der Waals surface area (Å²) in [6.45, 7) is 11.4. The number of amides is 3. The van der Waals surface area contributed by atoms with Crippen LogP contribution in [0.15, 0.2) is 12.5 Å². The van der Waals surface area contributed by atoms with Gasteiger partial charge in [0.25, 0.3) is 0 Å². The largest absolute Gasteiger partial charge is 0.480 e. The maximum atomic E-state index is 13.2. The molecule has 9 N–H and O–H groups in total. The first-order chi connectivity index (χ1) is 38.8. The molecule has 0 aliphatic heterocycles. The van der Waals surface area contributed by atoms with Crippen LogP contribution in [0.2, 0.25) is 0 Å². The summed E-state index contributed by atoms with van der Waals surface area (Å²) in [7, 11) is 0. The molecule has 466 valence electrons. The lowest BCUT2D eigenvalue weighted by molar-refractivity contribution is -0.142. The Morgan fingerprint density at radius 3 is 1.72 bits per heavy atom. The van der Waals surface area contributed by atoms with Gasteiger partial charge in [0, 0.05) is 81.4 Å². The van der Waals surface area contributed by atoms with E-state index in [1.807, 2.05) is 6.92 Å². The normalized spacial score (nSPS) is 12.4. The molecule has 1 aromatic heterocycles. The van der Waals surface area contributed by atoms with E-state index in [1.54, 1.807) is 20.0 Å². The molecule has 3 amide bonds. The average Bonchev–Trinajstić information content (AvgIpc) is 3.96. The van der Waals surface area contributed by atoms with E-state index in [4.69, 9.17) is 29.8 Å². The Bertz CT molecular complexity index is 1870. The minimum absolute atomic E-state index is 0.0239. The fraction of sp³-hybridized carbons (Fsp3) is 0.797. The van der Waals surface area contributed by atoms with Crippen molar-refractivity contribution in [1.82, 2.24) is 31.2 Å². The maximum absolute atomic E-state index is 13.2. The van der Waals surface area contributed by atoms with Gasteiger partial charge in [-0.15, -0.1) is 0 Å². The predicted molar refractivity (Wildman–Crippen MR) is 309 cm³/mol. The van der Waals surface area contributed by atoms with E-state index in [0.717, 1.165) is 31.4 Å². The molecule has 0 aliphatic carbocycles. The Morgan fingerprint density at radius 2 is 1.20 bits per heavy atom. The number of nitrogens with two attached hydrogens (primary N) is 1. The SMILES string of the molecule is CCCCCCCCCCCCCCCCCC(=O)N[C@@H](CCC(=O)CCCOCCOCC(=O)NCCOCCOCC(=O)NCCCC[C@H](CC(=O)C(C)(C)CC(=O)[C@@H](N)Cc1cnc[nH]1)C(C)=O)C(=O)O.CCNCC(=O)O. The summed E-state index contributed by atoms with van der Waals surface area (Å²) in [6, 6.07) is -1.86. The van der Waals surface area contributed by atoms with E-state index in [0.29, 0.717) is 51.8 Å². The number of aliphatic carboxylic acids is 2.